The number of hydrogen-bond acceptors (Lipinski definition) is 2. The van der Waals surface area contributed by atoms with Gasteiger partial charge < -0.3 is 5.32 Å². The van der Waals surface area contributed by atoms with Gasteiger partial charge in [-0.3, -0.25) is 9.36 Å². The Morgan fingerprint density at radius 3 is 2.08 bits per heavy atom. The Labute approximate surface area is 205 Å². The molecule has 0 aliphatic carbocycles. The zero-order valence-corrected chi connectivity index (χ0v) is 19.9. The highest BCUT2D eigenvalue weighted by Gasteiger charge is 2.37. The topological polar surface area (TPSA) is 46.9 Å². The highest BCUT2D eigenvalue weighted by atomic mass is 19.4. The van der Waals surface area contributed by atoms with Crippen molar-refractivity contribution in [3.05, 3.63) is 71.8 Å². The Hall–Kier alpha value is -3.30. The minimum atomic E-state index is -4.93. The minimum absolute atomic E-state index is 0.0968. The molecule has 2 aromatic carbocycles. The summed E-state index contributed by atoms with van der Waals surface area (Å²) in [4.78, 5) is 16.8. The SMILES string of the molecule is CCCCC(CC)CNC(=O)c1cncn1-c1ccc(-c2cc(C(F)(F)F)cc(C(F)(F)F)c2)cc1. The van der Waals surface area contributed by atoms with Crippen LogP contribution in [0, 0.1) is 5.92 Å². The fraction of sp³-hybridized carbons (Fsp3) is 0.385. The number of rotatable bonds is 9. The van der Waals surface area contributed by atoms with Crippen LogP contribution >= 0.6 is 0 Å². The summed E-state index contributed by atoms with van der Waals surface area (Å²) in [5.41, 5.74) is -2.05. The lowest BCUT2D eigenvalue weighted by atomic mass is 9.99. The predicted octanol–water partition coefficient (Wildman–Crippen LogP) is 7.52. The number of benzene rings is 2. The summed E-state index contributed by atoms with van der Waals surface area (Å²) in [6.45, 7) is 4.70. The van der Waals surface area contributed by atoms with Gasteiger partial charge in [0.2, 0.25) is 0 Å². The molecule has 1 unspecified atom stereocenters. The fourth-order valence-corrected chi connectivity index (χ4v) is 3.88. The van der Waals surface area contributed by atoms with Gasteiger partial charge in [-0.15, -0.1) is 0 Å². The lowest BCUT2D eigenvalue weighted by Gasteiger charge is -2.16. The third-order valence-electron chi connectivity index (χ3n) is 6.03. The monoisotopic (exact) mass is 511 g/mol. The van der Waals surface area contributed by atoms with Crippen LogP contribution in [0.5, 0.6) is 0 Å². The van der Waals surface area contributed by atoms with E-state index >= 15 is 0 Å². The van der Waals surface area contributed by atoms with E-state index < -0.39 is 23.5 Å². The number of nitrogens with zero attached hydrogens (tertiary/aromatic N) is 2. The molecular formula is C26H27F6N3O. The lowest BCUT2D eigenvalue weighted by molar-refractivity contribution is -0.143. The van der Waals surface area contributed by atoms with Crippen LogP contribution in [0.1, 0.15) is 61.1 Å². The molecule has 0 saturated heterocycles. The first-order valence-corrected chi connectivity index (χ1v) is 11.6. The minimum Gasteiger partial charge on any atom is -0.350 e. The summed E-state index contributed by atoms with van der Waals surface area (Å²) < 4.78 is 80.7. The third-order valence-corrected chi connectivity index (χ3v) is 6.03. The molecule has 3 rings (SSSR count). The van der Waals surface area contributed by atoms with Crippen molar-refractivity contribution < 1.29 is 31.1 Å². The van der Waals surface area contributed by atoms with E-state index in [0.717, 1.165) is 25.7 Å². The van der Waals surface area contributed by atoms with Crippen molar-refractivity contribution >= 4 is 5.91 Å². The van der Waals surface area contributed by atoms with Gasteiger partial charge in [0, 0.05) is 12.2 Å². The van der Waals surface area contributed by atoms with Crippen molar-refractivity contribution in [2.24, 2.45) is 5.92 Å². The van der Waals surface area contributed by atoms with Crippen LogP contribution < -0.4 is 5.32 Å². The van der Waals surface area contributed by atoms with Crippen molar-refractivity contribution in [2.45, 2.75) is 51.9 Å². The van der Waals surface area contributed by atoms with E-state index in [2.05, 4.69) is 24.1 Å². The standard InChI is InChI=1S/C26H27F6N3O/c1-3-5-6-17(4-2)14-34-24(36)23-15-33-16-35(23)22-9-7-18(8-10-22)19-11-20(25(27,28)29)13-21(12-19)26(30,31)32/h7-13,15-17H,3-6,14H2,1-2H3,(H,34,36). The number of carbonyl (C=O) groups is 1. The van der Waals surface area contributed by atoms with Crippen molar-refractivity contribution in [2.75, 3.05) is 6.54 Å². The number of halogens is 6. The van der Waals surface area contributed by atoms with Crippen LogP contribution in [0.4, 0.5) is 26.3 Å². The smallest absolute Gasteiger partial charge is 0.350 e. The molecule has 10 heteroatoms. The summed E-state index contributed by atoms with van der Waals surface area (Å²) >= 11 is 0. The zero-order valence-electron chi connectivity index (χ0n) is 19.9. The molecule has 0 aliphatic rings. The van der Waals surface area contributed by atoms with Crippen molar-refractivity contribution in [1.82, 2.24) is 14.9 Å². The molecule has 194 valence electrons. The van der Waals surface area contributed by atoms with Gasteiger partial charge in [-0.2, -0.15) is 26.3 Å². The van der Waals surface area contributed by atoms with E-state index in [1.807, 2.05) is 0 Å². The largest absolute Gasteiger partial charge is 0.416 e. The van der Waals surface area contributed by atoms with Gasteiger partial charge >= 0.3 is 12.4 Å². The van der Waals surface area contributed by atoms with Gasteiger partial charge in [0.05, 0.1) is 23.7 Å². The van der Waals surface area contributed by atoms with Crippen LogP contribution in [-0.4, -0.2) is 22.0 Å². The Morgan fingerprint density at radius 1 is 0.944 bits per heavy atom. The third kappa shape index (κ3) is 6.67. The van der Waals surface area contributed by atoms with E-state index in [0.29, 0.717) is 30.3 Å². The molecule has 36 heavy (non-hydrogen) atoms. The molecule has 0 aliphatic heterocycles. The Kier molecular flexibility index (Phi) is 8.47. The molecule has 0 radical (unpaired) electrons. The maximum absolute atomic E-state index is 13.2. The Balaban J connectivity index is 1.84. The van der Waals surface area contributed by atoms with Gasteiger partial charge in [-0.25, -0.2) is 4.98 Å². The highest BCUT2D eigenvalue weighted by molar-refractivity contribution is 5.93. The summed E-state index contributed by atoms with van der Waals surface area (Å²) in [7, 11) is 0. The number of alkyl halides is 6. The van der Waals surface area contributed by atoms with Crippen molar-refractivity contribution in [3.63, 3.8) is 0 Å². The second-order valence-corrected chi connectivity index (χ2v) is 8.62. The zero-order chi connectivity index (χ0) is 26.5. The van der Waals surface area contributed by atoms with E-state index in [-0.39, 0.29) is 28.8 Å². The summed E-state index contributed by atoms with van der Waals surface area (Å²) in [6, 6.07) is 7.30. The molecule has 1 amide bonds. The summed E-state index contributed by atoms with van der Waals surface area (Å²) in [5.74, 6) is 0.0397. The van der Waals surface area contributed by atoms with Gasteiger partial charge in [0.1, 0.15) is 5.69 Å². The van der Waals surface area contributed by atoms with Crippen LogP contribution in [0.25, 0.3) is 16.8 Å². The maximum atomic E-state index is 13.2. The number of hydrogen-bond donors (Lipinski definition) is 1. The quantitative estimate of drug-likeness (QED) is 0.302. The van der Waals surface area contributed by atoms with Crippen molar-refractivity contribution in [3.8, 4) is 16.8 Å². The first-order chi connectivity index (χ1) is 16.9. The number of imidazole rings is 1. The average Bonchev–Trinajstić information content (AvgIpc) is 3.33. The van der Waals surface area contributed by atoms with Crippen LogP contribution in [0.15, 0.2) is 55.0 Å². The number of nitrogens with one attached hydrogen (secondary N) is 1. The van der Waals surface area contributed by atoms with Crippen LogP contribution in [0.2, 0.25) is 0 Å². The molecule has 0 bridgehead atoms. The van der Waals surface area contributed by atoms with Gasteiger partial charge in [0.15, 0.2) is 0 Å². The van der Waals surface area contributed by atoms with Crippen LogP contribution in [-0.2, 0) is 12.4 Å². The fourth-order valence-electron chi connectivity index (χ4n) is 3.88. The normalized spacial score (nSPS) is 13.0. The molecular weight excluding hydrogens is 484 g/mol. The van der Waals surface area contributed by atoms with E-state index in [9.17, 15) is 31.1 Å². The molecule has 0 spiro atoms. The highest BCUT2D eigenvalue weighted by Crippen LogP contribution is 2.38. The molecule has 1 N–H and O–H groups in total. The van der Waals surface area contributed by atoms with Gasteiger partial charge in [-0.05, 0) is 53.8 Å². The molecule has 0 saturated carbocycles. The Bertz CT molecular complexity index is 1130. The van der Waals surface area contributed by atoms with Gasteiger partial charge in [-0.1, -0.05) is 45.2 Å². The number of unbranched alkanes of at least 4 members (excludes halogenated alkanes) is 1. The molecule has 1 atom stereocenters. The second-order valence-electron chi connectivity index (χ2n) is 8.62. The van der Waals surface area contributed by atoms with E-state index in [1.54, 1.807) is 0 Å². The maximum Gasteiger partial charge on any atom is 0.416 e. The van der Waals surface area contributed by atoms with Crippen LogP contribution in [0.3, 0.4) is 0 Å². The predicted molar refractivity (Wildman–Crippen MR) is 125 cm³/mol. The van der Waals surface area contributed by atoms with E-state index in [4.69, 9.17) is 0 Å². The molecule has 0 fully saturated rings. The average molecular weight is 512 g/mol. The van der Waals surface area contributed by atoms with Gasteiger partial charge in [0.25, 0.3) is 5.91 Å². The number of carbonyl (C=O) groups excluding carboxylic acids is 1. The second kappa shape index (κ2) is 11.2. The number of amides is 1. The Morgan fingerprint density at radius 2 is 1.56 bits per heavy atom. The summed E-state index contributed by atoms with van der Waals surface area (Å²) in [5, 5.41) is 2.92. The molecule has 3 aromatic rings. The first kappa shape index (κ1) is 27.3. The first-order valence-electron chi connectivity index (χ1n) is 11.6. The number of aromatic nitrogens is 2. The lowest BCUT2D eigenvalue weighted by Crippen LogP contribution is -2.30. The summed E-state index contributed by atoms with van der Waals surface area (Å²) in [6.07, 6.45) is -2.93. The molecule has 1 aromatic heterocycles. The molecule has 1 heterocycles. The molecule has 4 nitrogen and oxygen atoms in total. The van der Waals surface area contributed by atoms with Crippen molar-refractivity contribution in [1.29, 1.82) is 0 Å². The van der Waals surface area contributed by atoms with E-state index in [1.165, 1.54) is 41.4 Å².